The Balaban J connectivity index is 1.73. The highest BCUT2D eigenvalue weighted by molar-refractivity contribution is 6.16. The van der Waals surface area contributed by atoms with E-state index in [-0.39, 0.29) is 18.1 Å². The number of nitrogens with zero attached hydrogens (tertiary/aromatic N) is 4. The Labute approximate surface area is 146 Å². The normalized spacial score (nSPS) is 15.9. The number of ketones is 1. The molecule has 0 spiro atoms. The number of Topliss-reactive ketones (excluding diaryl/α,β-unsaturated/α-hetero) is 1. The van der Waals surface area contributed by atoms with Gasteiger partial charge in [0.2, 0.25) is 11.9 Å². The topological polar surface area (TPSA) is 66.4 Å². The summed E-state index contributed by atoms with van der Waals surface area (Å²) >= 11 is 0. The van der Waals surface area contributed by atoms with Gasteiger partial charge in [0, 0.05) is 26.8 Å². The van der Waals surface area contributed by atoms with Crippen LogP contribution in [-0.2, 0) is 16.0 Å². The minimum Gasteiger partial charge on any atom is -0.344 e. The number of carbonyl (C=O) groups is 2. The quantitative estimate of drug-likeness (QED) is 0.616. The second-order valence-electron chi connectivity index (χ2n) is 6.02. The number of benzene rings is 1. The van der Waals surface area contributed by atoms with E-state index >= 15 is 0 Å². The zero-order valence-corrected chi connectivity index (χ0v) is 14.3. The molecule has 6 heteroatoms. The predicted molar refractivity (Wildman–Crippen MR) is 95.8 cm³/mol. The summed E-state index contributed by atoms with van der Waals surface area (Å²) in [7, 11) is 3.54. The van der Waals surface area contributed by atoms with Gasteiger partial charge in [0.05, 0.1) is 17.8 Å². The van der Waals surface area contributed by atoms with Crippen molar-refractivity contribution in [3.63, 3.8) is 0 Å². The fraction of sp³-hybridized carbons (Fsp3) is 0.263. The van der Waals surface area contributed by atoms with Crippen molar-refractivity contribution in [1.29, 1.82) is 0 Å². The van der Waals surface area contributed by atoms with Gasteiger partial charge in [-0.15, -0.1) is 0 Å². The standard InChI is InChI=1S/C19H20N4O2/c1-22(11-9-14-6-4-3-5-7-14)19-20-10-8-15(21-19)12-16-17(24)13-18(25)23(16)2/h3-8,10,12H,9,11,13H2,1-2H3/b16-12-. The van der Waals surface area contributed by atoms with Crippen LogP contribution >= 0.6 is 0 Å². The number of rotatable bonds is 5. The third-order valence-corrected chi connectivity index (χ3v) is 4.20. The van der Waals surface area contributed by atoms with Crippen LogP contribution in [0.15, 0.2) is 48.3 Å². The van der Waals surface area contributed by atoms with Crippen LogP contribution in [0.3, 0.4) is 0 Å². The summed E-state index contributed by atoms with van der Waals surface area (Å²) < 4.78 is 0. The molecular weight excluding hydrogens is 316 g/mol. The van der Waals surface area contributed by atoms with Crippen molar-refractivity contribution >= 4 is 23.7 Å². The van der Waals surface area contributed by atoms with Gasteiger partial charge in [-0.2, -0.15) is 0 Å². The summed E-state index contributed by atoms with van der Waals surface area (Å²) in [5, 5.41) is 0. The lowest BCUT2D eigenvalue weighted by molar-refractivity contribution is -0.126. The number of anilines is 1. The first-order valence-electron chi connectivity index (χ1n) is 8.14. The van der Waals surface area contributed by atoms with Gasteiger partial charge in [0.1, 0.15) is 0 Å². The Hall–Kier alpha value is -3.02. The van der Waals surface area contributed by atoms with Crippen molar-refractivity contribution in [2.75, 3.05) is 25.5 Å². The molecule has 1 amide bonds. The Kier molecular flexibility index (Phi) is 4.88. The van der Waals surface area contributed by atoms with E-state index in [1.165, 1.54) is 10.5 Å². The highest BCUT2D eigenvalue weighted by Crippen LogP contribution is 2.19. The third-order valence-electron chi connectivity index (χ3n) is 4.20. The molecule has 0 atom stereocenters. The first kappa shape index (κ1) is 16.8. The number of hydrogen-bond acceptors (Lipinski definition) is 5. The van der Waals surface area contributed by atoms with E-state index in [0.717, 1.165) is 13.0 Å². The Morgan fingerprint density at radius 2 is 1.96 bits per heavy atom. The first-order chi connectivity index (χ1) is 12.0. The number of hydrogen-bond donors (Lipinski definition) is 0. The molecule has 3 rings (SSSR count). The second kappa shape index (κ2) is 7.25. The van der Waals surface area contributed by atoms with Crippen molar-refractivity contribution in [2.45, 2.75) is 12.8 Å². The molecule has 0 bridgehead atoms. The van der Waals surface area contributed by atoms with Gasteiger partial charge in [-0.25, -0.2) is 9.97 Å². The molecule has 1 aromatic carbocycles. The zero-order valence-electron chi connectivity index (χ0n) is 14.3. The summed E-state index contributed by atoms with van der Waals surface area (Å²) in [6.07, 6.45) is 4.12. The molecular formula is C19H20N4O2. The van der Waals surface area contributed by atoms with Crippen molar-refractivity contribution < 1.29 is 9.59 Å². The maximum atomic E-state index is 11.9. The molecule has 25 heavy (non-hydrogen) atoms. The number of aromatic nitrogens is 2. The Morgan fingerprint density at radius 1 is 1.20 bits per heavy atom. The van der Waals surface area contributed by atoms with Crippen molar-refractivity contribution in [1.82, 2.24) is 14.9 Å². The van der Waals surface area contributed by atoms with Crippen molar-refractivity contribution in [3.8, 4) is 0 Å². The van der Waals surface area contributed by atoms with Crippen LogP contribution < -0.4 is 4.90 Å². The number of likely N-dealkylation sites (tertiary alicyclic amines) is 1. The van der Waals surface area contributed by atoms with Crippen LogP contribution in [0, 0.1) is 0 Å². The molecule has 0 aliphatic carbocycles. The van der Waals surface area contributed by atoms with E-state index in [1.54, 1.807) is 25.4 Å². The van der Waals surface area contributed by atoms with Crippen LogP contribution in [0.4, 0.5) is 5.95 Å². The van der Waals surface area contributed by atoms with Crippen LogP contribution in [0.5, 0.6) is 0 Å². The molecule has 2 aromatic rings. The summed E-state index contributed by atoms with van der Waals surface area (Å²) in [6, 6.07) is 12.0. The molecule has 1 saturated heterocycles. The van der Waals surface area contributed by atoms with E-state index in [1.807, 2.05) is 30.1 Å². The minimum absolute atomic E-state index is 0.0722. The van der Waals surface area contributed by atoms with Gasteiger partial charge in [-0.05, 0) is 24.1 Å². The number of allylic oxidation sites excluding steroid dienone is 1. The lowest BCUT2D eigenvalue weighted by Gasteiger charge is -2.17. The molecule has 6 nitrogen and oxygen atoms in total. The monoisotopic (exact) mass is 336 g/mol. The highest BCUT2D eigenvalue weighted by atomic mass is 16.2. The molecule has 0 saturated carbocycles. The van der Waals surface area contributed by atoms with E-state index < -0.39 is 0 Å². The Morgan fingerprint density at radius 3 is 2.64 bits per heavy atom. The maximum absolute atomic E-state index is 11.9. The zero-order chi connectivity index (χ0) is 17.8. The lowest BCUT2D eigenvalue weighted by atomic mass is 10.1. The van der Waals surface area contributed by atoms with E-state index in [9.17, 15) is 9.59 Å². The van der Waals surface area contributed by atoms with Crippen LogP contribution in [0.1, 0.15) is 17.7 Å². The second-order valence-corrected chi connectivity index (χ2v) is 6.02. The van der Waals surface area contributed by atoms with Gasteiger partial charge in [-0.1, -0.05) is 30.3 Å². The third kappa shape index (κ3) is 3.91. The maximum Gasteiger partial charge on any atom is 0.234 e. The summed E-state index contributed by atoms with van der Waals surface area (Å²) in [6.45, 7) is 0.779. The number of carbonyl (C=O) groups excluding carboxylic acids is 2. The van der Waals surface area contributed by atoms with Crippen LogP contribution in [0.2, 0.25) is 0 Å². The molecule has 1 aliphatic rings. The van der Waals surface area contributed by atoms with Crippen LogP contribution in [0.25, 0.3) is 6.08 Å². The predicted octanol–water partition coefficient (Wildman–Crippen LogP) is 1.93. The van der Waals surface area contributed by atoms with Gasteiger partial charge in [0.15, 0.2) is 5.78 Å². The Bertz CT molecular complexity index is 817. The largest absolute Gasteiger partial charge is 0.344 e. The fourth-order valence-electron chi connectivity index (χ4n) is 2.65. The smallest absolute Gasteiger partial charge is 0.234 e. The summed E-state index contributed by atoms with van der Waals surface area (Å²) in [5.74, 6) is 0.223. The minimum atomic E-state index is -0.189. The van der Waals surface area contributed by atoms with Crippen molar-refractivity contribution in [2.24, 2.45) is 0 Å². The summed E-state index contributed by atoms with van der Waals surface area (Å²) in [5.41, 5.74) is 2.24. The van der Waals surface area contributed by atoms with Gasteiger partial charge < -0.3 is 9.80 Å². The van der Waals surface area contributed by atoms with Gasteiger partial charge in [-0.3, -0.25) is 9.59 Å². The molecule has 2 heterocycles. The van der Waals surface area contributed by atoms with E-state index in [0.29, 0.717) is 17.3 Å². The average molecular weight is 336 g/mol. The van der Waals surface area contributed by atoms with Crippen molar-refractivity contribution in [3.05, 3.63) is 59.5 Å². The van der Waals surface area contributed by atoms with Gasteiger partial charge in [0.25, 0.3) is 0 Å². The molecule has 1 aliphatic heterocycles. The average Bonchev–Trinajstić information content (AvgIpc) is 2.87. The van der Waals surface area contributed by atoms with Crippen LogP contribution in [-0.4, -0.2) is 47.2 Å². The fourth-order valence-corrected chi connectivity index (χ4v) is 2.65. The summed E-state index contributed by atoms with van der Waals surface area (Å²) in [4.78, 5) is 35.6. The first-order valence-corrected chi connectivity index (χ1v) is 8.14. The van der Waals surface area contributed by atoms with E-state index in [4.69, 9.17) is 0 Å². The van der Waals surface area contributed by atoms with E-state index in [2.05, 4.69) is 22.1 Å². The molecule has 1 fully saturated rings. The molecule has 0 radical (unpaired) electrons. The molecule has 0 N–H and O–H groups in total. The SMILES string of the molecule is CN1C(=O)CC(=O)/C1=C/c1ccnc(N(C)CCc2ccccc2)n1. The number of amides is 1. The number of likely N-dealkylation sites (N-methyl/N-ethyl adjacent to an activating group) is 2. The lowest BCUT2D eigenvalue weighted by Crippen LogP contribution is -2.22. The molecule has 1 aromatic heterocycles. The van der Waals surface area contributed by atoms with Gasteiger partial charge >= 0.3 is 0 Å². The molecule has 0 unspecified atom stereocenters. The highest BCUT2D eigenvalue weighted by Gasteiger charge is 2.30. The molecule has 128 valence electrons.